The molecule has 2 aromatic carbocycles. The average Bonchev–Trinajstić information content (AvgIpc) is 3.36. The van der Waals surface area contributed by atoms with Gasteiger partial charge in [-0.25, -0.2) is 4.39 Å². The predicted molar refractivity (Wildman–Crippen MR) is 105 cm³/mol. The topological polar surface area (TPSA) is 72.7 Å². The van der Waals surface area contributed by atoms with Crippen LogP contribution in [0.3, 0.4) is 0 Å². The summed E-state index contributed by atoms with van der Waals surface area (Å²) in [4.78, 5) is 12.9. The number of thioether (sulfide) groups is 1. The molecule has 0 spiro atoms. The van der Waals surface area contributed by atoms with Gasteiger partial charge in [0.1, 0.15) is 11.1 Å². The summed E-state index contributed by atoms with van der Waals surface area (Å²) < 4.78 is 15.0. The zero-order valence-corrected chi connectivity index (χ0v) is 16.4. The van der Waals surface area contributed by atoms with Crippen LogP contribution < -0.4 is 5.32 Å². The Balaban J connectivity index is 1.69. The van der Waals surface area contributed by atoms with Crippen LogP contribution in [-0.2, 0) is 4.79 Å². The van der Waals surface area contributed by atoms with E-state index in [1.165, 1.54) is 23.9 Å². The number of halogens is 1. The van der Waals surface area contributed by atoms with Crippen LogP contribution in [0.15, 0.2) is 47.6 Å². The highest BCUT2D eigenvalue weighted by molar-refractivity contribution is 8.00. The molecule has 1 N–H and O–H groups in total. The first-order valence-electron chi connectivity index (χ1n) is 9.10. The number of hydrogen-bond donors (Lipinski definition) is 1. The van der Waals surface area contributed by atoms with Crippen LogP contribution >= 0.6 is 11.8 Å². The first kappa shape index (κ1) is 18.6. The van der Waals surface area contributed by atoms with E-state index in [1.807, 2.05) is 32.0 Å². The molecule has 6 nitrogen and oxygen atoms in total. The van der Waals surface area contributed by atoms with Crippen LogP contribution in [0.5, 0.6) is 0 Å². The van der Waals surface area contributed by atoms with E-state index in [0.29, 0.717) is 10.7 Å². The molecule has 0 saturated heterocycles. The molecule has 8 heteroatoms. The number of benzene rings is 2. The third-order valence-corrected chi connectivity index (χ3v) is 5.84. The van der Waals surface area contributed by atoms with E-state index in [9.17, 15) is 9.18 Å². The third kappa shape index (κ3) is 3.91. The first-order chi connectivity index (χ1) is 13.5. The van der Waals surface area contributed by atoms with Gasteiger partial charge in [0, 0.05) is 6.04 Å². The van der Waals surface area contributed by atoms with E-state index in [-0.39, 0.29) is 17.8 Å². The molecule has 0 radical (unpaired) electrons. The zero-order chi connectivity index (χ0) is 19.7. The smallest absolute Gasteiger partial charge is 0.238 e. The summed E-state index contributed by atoms with van der Waals surface area (Å²) in [6.07, 6.45) is 1.99. The molecule has 1 saturated carbocycles. The van der Waals surface area contributed by atoms with Gasteiger partial charge >= 0.3 is 0 Å². The van der Waals surface area contributed by atoms with Gasteiger partial charge in [-0.3, -0.25) is 4.79 Å². The van der Waals surface area contributed by atoms with Crippen molar-refractivity contribution in [2.24, 2.45) is 0 Å². The molecule has 1 unspecified atom stereocenters. The van der Waals surface area contributed by atoms with Crippen molar-refractivity contribution in [3.8, 4) is 5.69 Å². The minimum absolute atomic E-state index is 0.116. The molecule has 144 valence electrons. The molecular weight excluding hydrogens is 377 g/mol. The summed E-state index contributed by atoms with van der Waals surface area (Å²) in [7, 11) is 0. The molecule has 1 aliphatic carbocycles. The Bertz CT molecular complexity index is 980. The molecule has 1 heterocycles. The van der Waals surface area contributed by atoms with Crippen molar-refractivity contribution in [1.29, 1.82) is 0 Å². The van der Waals surface area contributed by atoms with Gasteiger partial charge in [-0.2, -0.15) is 4.68 Å². The quantitative estimate of drug-likeness (QED) is 0.644. The summed E-state index contributed by atoms with van der Waals surface area (Å²) >= 11 is 1.26. The fraction of sp³-hybridized carbons (Fsp3) is 0.300. The highest BCUT2D eigenvalue weighted by Gasteiger charge is 2.31. The second-order valence-electron chi connectivity index (χ2n) is 6.95. The molecule has 28 heavy (non-hydrogen) atoms. The monoisotopic (exact) mass is 397 g/mol. The number of para-hydroxylation sites is 1. The van der Waals surface area contributed by atoms with Gasteiger partial charge in [0.25, 0.3) is 0 Å². The largest absolute Gasteiger partial charge is 0.352 e. The van der Waals surface area contributed by atoms with Crippen molar-refractivity contribution >= 4 is 17.7 Å². The third-order valence-electron chi connectivity index (χ3n) is 4.65. The van der Waals surface area contributed by atoms with Gasteiger partial charge in [0.15, 0.2) is 0 Å². The standard InChI is InChI=1S/C20H20FN5OS/c1-12-4-3-5-13(2)17(12)26-20(23-24-25-26)28-18(19(27)22-16-10-11-16)14-6-8-15(21)9-7-14/h3-9,16,18H,10-11H2,1-2H3,(H,22,27). The van der Waals surface area contributed by atoms with E-state index < -0.39 is 5.25 Å². The number of amides is 1. The number of carbonyl (C=O) groups excluding carboxylic acids is 1. The molecule has 1 fully saturated rings. The van der Waals surface area contributed by atoms with Crippen molar-refractivity contribution in [3.63, 3.8) is 0 Å². The van der Waals surface area contributed by atoms with E-state index in [2.05, 4.69) is 20.8 Å². The fourth-order valence-electron chi connectivity index (χ4n) is 3.05. The van der Waals surface area contributed by atoms with Crippen molar-refractivity contribution in [3.05, 3.63) is 65.0 Å². The first-order valence-corrected chi connectivity index (χ1v) is 9.98. The molecule has 4 rings (SSSR count). The summed E-state index contributed by atoms with van der Waals surface area (Å²) in [6, 6.07) is 12.2. The maximum Gasteiger partial charge on any atom is 0.238 e. The van der Waals surface area contributed by atoms with E-state index >= 15 is 0 Å². The van der Waals surface area contributed by atoms with Crippen LogP contribution in [-0.4, -0.2) is 32.2 Å². The minimum Gasteiger partial charge on any atom is -0.352 e. The lowest BCUT2D eigenvalue weighted by molar-refractivity contribution is -0.120. The Hall–Kier alpha value is -2.74. The zero-order valence-electron chi connectivity index (χ0n) is 15.6. The Morgan fingerprint density at radius 2 is 1.86 bits per heavy atom. The van der Waals surface area contributed by atoms with Crippen LogP contribution in [0.1, 0.15) is 34.8 Å². The highest BCUT2D eigenvalue weighted by Crippen LogP contribution is 2.36. The van der Waals surface area contributed by atoms with Gasteiger partial charge < -0.3 is 5.32 Å². The molecule has 1 amide bonds. The maximum absolute atomic E-state index is 13.4. The Labute approximate surface area is 166 Å². The Morgan fingerprint density at radius 1 is 1.18 bits per heavy atom. The number of carbonyl (C=O) groups is 1. The summed E-state index contributed by atoms with van der Waals surface area (Å²) in [5.74, 6) is -0.453. The summed E-state index contributed by atoms with van der Waals surface area (Å²) in [5, 5.41) is 15.1. The van der Waals surface area contributed by atoms with Gasteiger partial charge in [-0.15, -0.1) is 5.10 Å². The SMILES string of the molecule is Cc1cccc(C)c1-n1nnnc1SC(C(=O)NC1CC1)c1ccc(F)cc1. The van der Waals surface area contributed by atoms with Crippen LogP contribution in [0.4, 0.5) is 4.39 Å². The number of aromatic nitrogens is 4. The molecule has 1 atom stereocenters. The van der Waals surface area contributed by atoms with E-state index in [4.69, 9.17) is 0 Å². The fourth-order valence-corrected chi connectivity index (χ4v) is 4.04. The van der Waals surface area contributed by atoms with Gasteiger partial charge in [-0.05, 0) is 65.9 Å². The lowest BCUT2D eigenvalue weighted by Crippen LogP contribution is -2.30. The van der Waals surface area contributed by atoms with Crippen LogP contribution in [0.25, 0.3) is 5.69 Å². The van der Waals surface area contributed by atoms with E-state index in [1.54, 1.807) is 16.8 Å². The normalized spacial score (nSPS) is 14.7. The molecular formula is C20H20FN5OS. The van der Waals surface area contributed by atoms with Gasteiger partial charge in [0.05, 0.1) is 5.69 Å². The Morgan fingerprint density at radius 3 is 2.50 bits per heavy atom. The lowest BCUT2D eigenvalue weighted by atomic mass is 10.1. The van der Waals surface area contributed by atoms with Gasteiger partial charge in [0.2, 0.25) is 11.1 Å². The Kier molecular flexibility index (Phi) is 5.13. The van der Waals surface area contributed by atoms with E-state index in [0.717, 1.165) is 29.7 Å². The molecule has 3 aromatic rings. The number of rotatable bonds is 6. The number of aryl methyl sites for hydroxylation is 2. The lowest BCUT2D eigenvalue weighted by Gasteiger charge is -2.17. The predicted octanol–water partition coefficient (Wildman–Crippen LogP) is 3.53. The maximum atomic E-state index is 13.4. The van der Waals surface area contributed by atoms with Crippen molar-refractivity contribution in [1.82, 2.24) is 25.5 Å². The van der Waals surface area contributed by atoms with Gasteiger partial charge in [-0.1, -0.05) is 42.1 Å². The average molecular weight is 397 g/mol. The molecule has 1 aromatic heterocycles. The van der Waals surface area contributed by atoms with Crippen LogP contribution in [0.2, 0.25) is 0 Å². The van der Waals surface area contributed by atoms with Crippen molar-refractivity contribution in [2.45, 2.75) is 43.1 Å². The minimum atomic E-state index is -0.574. The number of nitrogens with one attached hydrogen (secondary N) is 1. The van der Waals surface area contributed by atoms with Crippen molar-refractivity contribution < 1.29 is 9.18 Å². The highest BCUT2D eigenvalue weighted by atomic mass is 32.2. The second-order valence-corrected chi connectivity index (χ2v) is 8.02. The number of hydrogen-bond acceptors (Lipinski definition) is 5. The van der Waals surface area contributed by atoms with Crippen LogP contribution in [0, 0.1) is 19.7 Å². The molecule has 0 bridgehead atoms. The number of tetrazole rings is 1. The summed E-state index contributed by atoms with van der Waals surface area (Å²) in [5.41, 5.74) is 3.68. The molecule has 0 aliphatic heterocycles. The molecule has 1 aliphatic rings. The summed E-state index contributed by atoms with van der Waals surface area (Å²) in [6.45, 7) is 3.99. The number of nitrogens with zero attached hydrogens (tertiary/aromatic N) is 4. The second kappa shape index (κ2) is 7.71. The van der Waals surface area contributed by atoms with Crippen molar-refractivity contribution in [2.75, 3.05) is 0 Å².